The third kappa shape index (κ3) is 3.50. The van der Waals surface area contributed by atoms with Crippen LogP contribution in [0.3, 0.4) is 0 Å². The van der Waals surface area contributed by atoms with E-state index in [1.807, 2.05) is 13.0 Å². The van der Waals surface area contributed by atoms with Gasteiger partial charge >= 0.3 is 4.87 Å². The molecule has 8 heteroatoms. The minimum absolute atomic E-state index is 0.0134. The van der Waals surface area contributed by atoms with E-state index in [1.54, 1.807) is 12.1 Å². The summed E-state index contributed by atoms with van der Waals surface area (Å²) in [6.07, 6.45) is 0. The van der Waals surface area contributed by atoms with Crippen LogP contribution < -0.4 is 14.9 Å². The number of carbonyl (C=O) groups is 1. The smallest absolute Gasteiger partial charge is 0.305 e. The zero-order valence-electron chi connectivity index (χ0n) is 13.3. The summed E-state index contributed by atoms with van der Waals surface area (Å²) in [4.78, 5) is 29.0. The minimum atomic E-state index is -0.196. The van der Waals surface area contributed by atoms with Crippen molar-refractivity contribution in [3.63, 3.8) is 0 Å². The quantitative estimate of drug-likeness (QED) is 0.730. The third-order valence-electron chi connectivity index (χ3n) is 3.85. The van der Waals surface area contributed by atoms with Crippen LogP contribution in [0.15, 0.2) is 23.0 Å². The summed E-state index contributed by atoms with van der Waals surface area (Å²) in [6.45, 7) is 4.01. The van der Waals surface area contributed by atoms with Crippen LogP contribution in [-0.4, -0.2) is 47.2 Å². The molecule has 0 radical (unpaired) electrons. The largest absolute Gasteiger partial charge is 0.482 e. The van der Waals surface area contributed by atoms with E-state index >= 15 is 0 Å². The molecule has 0 fully saturated rings. The fourth-order valence-corrected chi connectivity index (χ4v) is 3.53. The molecule has 0 saturated heterocycles. The van der Waals surface area contributed by atoms with Gasteiger partial charge in [0.1, 0.15) is 5.75 Å². The van der Waals surface area contributed by atoms with E-state index in [-0.39, 0.29) is 24.0 Å². The molecule has 2 heterocycles. The maximum atomic E-state index is 11.9. The first kappa shape index (κ1) is 16.7. The Bertz CT molecular complexity index is 799. The zero-order valence-corrected chi connectivity index (χ0v) is 14.1. The average molecular weight is 349 g/mol. The topological polar surface area (TPSA) is 94.7 Å². The molecule has 0 saturated carbocycles. The second-order valence-corrected chi connectivity index (χ2v) is 6.52. The summed E-state index contributed by atoms with van der Waals surface area (Å²) in [7, 11) is 0. The van der Waals surface area contributed by atoms with E-state index in [2.05, 4.69) is 15.2 Å². The predicted octanol–water partition coefficient (Wildman–Crippen LogP) is 1.25. The van der Waals surface area contributed by atoms with Gasteiger partial charge in [-0.25, -0.2) is 0 Å². The summed E-state index contributed by atoms with van der Waals surface area (Å²) in [6, 6.07) is 5.45. The number of amides is 1. The van der Waals surface area contributed by atoms with Crippen molar-refractivity contribution in [1.82, 2.24) is 9.88 Å². The van der Waals surface area contributed by atoms with Gasteiger partial charge in [0.2, 0.25) is 0 Å². The molecule has 128 valence electrons. The highest BCUT2D eigenvalue weighted by Crippen LogP contribution is 2.33. The molecule has 0 atom stereocenters. The predicted molar refractivity (Wildman–Crippen MR) is 92.5 cm³/mol. The molecule has 0 aliphatic carbocycles. The number of aromatic amines is 1. The fraction of sp³-hybridized carbons (Fsp3) is 0.375. The van der Waals surface area contributed by atoms with Crippen molar-refractivity contribution in [1.29, 1.82) is 0 Å². The fourth-order valence-electron chi connectivity index (χ4n) is 2.64. The molecule has 7 nitrogen and oxygen atoms in total. The highest BCUT2D eigenvalue weighted by Gasteiger charge is 2.19. The van der Waals surface area contributed by atoms with Crippen LogP contribution in [0.5, 0.6) is 5.75 Å². The Morgan fingerprint density at radius 1 is 1.38 bits per heavy atom. The van der Waals surface area contributed by atoms with Crippen LogP contribution in [0, 0.1) is 0 Å². The van der Waals surface area contributed by atoms with Gasteiger partial charge in [-0.3, -0.25) is 14.5 Å². The second kappa shape index (κ2) is 7.16. The Hall–Kier alpha value is -2.16. The van der Waals surface area contributed by atoms with Crippen molar-refractivity contribution in [2.45, 2.75) is 13.5 Å². The first-order chi connectivity index (χ1) is 11.6. The average Bonchev–Trinajstić information content (AvgIpc) is 2.94. The highest BCUT2D eigenvalue weighted by molar-refractivity contribution is 7.09. The molecule has 1 aliphatic rings. The van der Waals surface area contributed by atoms with E-state index in [4.69, 9.17) is 9.84 Å². The van der Waals surface area contributed by atoms with E-state index in [0.717, 1.165) is 34.0 Å². The third-order valence-corrected chi connectivity index (χ3v) is 4.72. The van der Waals surface area contributed by atoms with Crippen molar-refractivity contribution in [2.75, 3.05) is 31.6 Å². The molecule has 1 amide bonds. The van der Waals surface area contributed by atoms with Crippen molar-refractivity contribution < 1.29 is 14.6 Å². The Morgan fingerprint density at radius 2 is 2.21 bits per heavy atom. The van der Waals surface area contributed by atoms with Gasteiger partial charge < -0.3 is 20.1 Å². The number of likely N-dealkylation sites (N-methyl/N-ethyl adjacent to an activating group) is 1. The first-order valence-electron chi connectivity index (χ1n) is 7.73. The number of fused-ring (bicyclic) bond motifs is 1. The van der Waals surface area contributed by atoms with E-state index in [0.29, 0.717) is 24.5 Å². The van der Waals surface area contributed by atoms with Crippen molar-refractivity contribution in [2.24, 2.45) is 0 Å². The number of benzene rings is 1. The molecule has 24 heavy (non-hydrogen) atoms. The van der Waals surface area contributed by atoms with Crippen LogP contribution in [0.4, 0.5) is 5.69 Å². The van der Waals surface area contributed by atoms with Crippen molar-refractivity contribution >= 4 is 22.9 Å². The van der Waals surface area contributed by atoms with Gasteiger partial charge in [0, 0.05) is 23.5 Å². The van der Waals surface area contributed by atoms with Crippen LogP contribution in [0.25, 0.3) is 11.3 Å². The number of aliphatic hydroxyl groups excluding tert-OH is 1. The lowest BCUT2D eigenvalue weighted by Gasteiger charge is -2.20. The van der Waals surface area contributed by atoms with Crippen LogP contribution in [0.1, 0.15) is 11.8 Å². The molecule has 0 spiro atoms. The van der Waals surface area contributed by atoms with E-state index in [9.17, 15) is 9.59 Å². The van der Waals surface area contributed by atoms with Crippen LogP contribution in [0.2, 0.25) is 0 Å². The maximum absolute atomic E-state index is 11.9. The van der Waals surface area contributed by atoms with Gasteiger partial charge in [-0.05, 0) is 24.7 Å². The Morgan fingerprint density at radius 3 is 2.96 bits per heavy atom. The number of nitrogens with one attached hydrogen (secondary N) is 2. The monoisotopic (exact) mass is 349 g/mol. The van der Waals surface area contributed by atoms with E-state index in [1.165, 1.54) is 0 Å². The normalized spacial score (nSPS) is 13.5. The molecule has 2 aromatic rings. The van der Waals surface area contributed by atoms with Crippen LogP contribution >= 0.6 is 11.3 Å². The number of hydrogen-bond donors (Lipinski definition) is 3. The minimum Gasteiger partial charge on any atom is -0.482 e. The lowest BCUT2D eigenvalue weighted by atomic mass is 10.1. The lowest BCUT2D eigenvalue weighted by Crippen LogP contribution is -2.26. The number of anilines is 1. The Kier molecular flexibility index (Phi) is 4.98. The molecule has 3 N–H and O–H groups in total. The van der Waals surface area contributed by atoms with Crippen molar-refractivity contribution in [3.8, 4) is 17.0 Å². The molecule has 3 rings (SSSR count). The number of ether oxygens (including phenoxy) is 1. The number of rotatable bonds is 6. The molecule has 1 aliphatic heterocycles. The lowest BCUT2D eigenvalue weighted by molar-refractivity contribution is -0.118. The highest BCUT2D eigenvalue weighted by atomic mass is 32.1. The maximum Gasteiger partial charge on any atom is 0.305 e. The molecule has 0 unspecified atom stereocenters. The summed E-state index contributed by atoms with van der Waals surface area (Å²) in [5.74, 6) is 0.423. The first-order valence-corrected chi connectivity index (χ1v) is 8.54. The Labute approximate surface area is 142 Å². The number of aliphatic hydroxyl groups is 1. The molecular weight excluding hydrogens is 330 g/mol. The number of H-pyrrole nitrogens is 1. The number of carbonyl (C=O) groups excluding carboxylic acids is 1. The molecular formula is C16H19N3O4S. The number of aromatic nitrogens is 1. The van der Waals surface area contributed by atoms with E-state index < -0.39 is 0 Å². The summed E-state index contributed by atoms with van der Waals surface area (Å²) < 4.78 is 5.36. The summed E-state index contributed by atoms with van der Waals surface area (Å²) in [5, 5.41) is 11.9. The SMILES string of the molecule is CCN(CCO)Cc1sc(=O)[nH]c1-c1ccc2c(c1)NC(=O)CO2. The number of nitrogens with zero attached hydrogens (tertiary/aromatic N) is 1. The Balaban J connectivity index is 1.93. The van der Waals surface area contributed by atoms with Crippen molar-refractivity contribution in [3.05, 3.63) is 32.7 Å². The van der Waals surface area contributed by atoms with Gasteiger partial charge in [-0.2, -0.15) is 0 Å². The number of hydrogen-bond acceptors (Lipinski definition) is 6. The molecule has 1 aromatic carbocycles. The molecule has 1 aromatic heterocycles. The summed E-state index contributed by atoms with van der Waals surface area (Å²) in [5.41, 5.74) is 2.15. The van der Waals surface area contributed by atoms with Gasteiger partial charge in [-0.1, -0.05) is 18.3 Å². The van der Waals surface area contributed by atoms with Gasteiger partial charge in [0.15, 0.2) is 6.61 Å². The molecule has 0 bridgehead atoms. The van der Waals surface area contributed by atoms with Gasteiger partial charge in [0.05, 0.1) is 18.0 Å². The van der Waals surface area contributed by atoms with Gasteiger partial charge in [-0.15, -0.1) is 0 Å². The summed E-state index contributed by atoms with van der Waals surface area (Å²) >= 11 is 1.16. The van der Waals surface area contributed by atoms with Crippen LogP contribution in [-0.2, 0) is 11.3 Å². The van der Waals surface area contributed by atoms with Gasteiger partial charge in [0.25, 0.3) is 5.91 Å². The standard InChI is InChI=1S/C16H19N3O4S/c1-2-19(5-6-20)8-13-15(18-16(22)24-13)10-3-4-12-11(7-10)17-14(21)9-23-12/h3-4,7,20H,2,5-6,8-9H2,1H3,(H,17,21)(H,18,22). The second-order valence-electron chi connectivity index (χ2n) is 5.45. The number of thiazole rings is 1. The zero-order chi connectivity index (χ0) is 17.1.